The number of hydrogen-bond donors (Lipinski definition) is 1. The summed E-state index contributed by atoms with van der Waals surface area (Å²) in [6.45, 7) is -0.150. The monoisotopic (exact) mass is 357 g/mol. The van der Waals surface area contributed by atoms with Crippen molar-refractivity contribution in [1.29, 1.82) is 0 Å². The molecule has 122 valence electrons. The van der Waals surface area contributed by atoms with Crippen molar-refractivity contribution in [1.82, 2.24) is 4.31 Å². The zero-order valence-corrected chi connectivity index (χ0v) is 12.5. The molecular formula is C12H11ClF3NO4S. The molecule has 0 bridgehead atoms. The lowest BCUT2D eigenvalue weighted by Gasteiger charge is -2.23. The van der Waals surface area contributed by atoms with E-state index in [1.165, 1.54) is 0 Å². The van der Waals surface area contributed by atoms with E-state index in [0.29, 0.717) is 16.4 Å². The molecule has 1 fully saturated rings. The maximum atomic E-state index is 13.0. The van der Waals surface area contributed by atoms with E-state index in [0.717, 1.165) is 6.07 Å². The van der Waals surface area contributed by atoms with Crippen LogP contribution in [-0.2, 0) is 21.0 Å². The zero-order chi connectivity index (χ0) is 16.7. The summed E-state index contributed by atoms with van der Waals surface area (Å²) in [5.41, 5.74) is -1.37. The minimum atomic E-state index is -4.90. The molecule has 10 heteroatoms. The van der Waals surface area contributed by atoms with Crippen LogP contribution in [0.1, 0.15) is 18.4 Å². The Labute approximate surface area is 129 Å². The predicted octanol–water partition coefficient (Wildman–Crippen LogP) is 2.60. The van der Waals surface area contributed by atoms with Crippen LogP contribution in [0.3, 0.4) is 0 Å². The summed E-state index contributed by atoms with van der Waals surface area (Å²) < 4.78 is 64.6. The molecule has 22 heavy (non-hydrogen) atoms. The minimum absolute atomic E-state index is 0.0521. The van der Waals surface area contributed by atoms with Crippen molar-refractivity contribution in [3.63, 3.8) is 0 Å². The minimum Gasteiger partial charge on any atom is -0.480 e. The van der Waals surface area contributed by atoms with Gasteiger partial charge >= 0.3 is 12.1 Å². The van der Waals surface area contributed by atoms with E-state index in [2.05, 4.69) is 0 Å². The summed E-state index contributed by atoms with van der Waals surface area (Å²) in [4.78, 5) is 10.1. The van der Waals surface area contributed by atoms with Gasteiger partial charge in [0.15, 0.2) is 0 Å². The first-order valence-electron chi connectivity index (χ1n) is 6.16. The first-order chi connectivity index (χ1) is 10.0. The fraction of sp³-hybridized carbons (Fsp3) is 0.417. The van der Waals surface area contributed by atoms with Crippen LogP contribution in [0, 0.1) is 0 Å². The third-order valence-corrected chi connectivity index (χ3v) is 5.51. The first-order valence-corrected chi connectivity index (χ1v) is 7.98. The Balaban J connectivity index is 2.59. The molecule has 1 atom stereocenters. The van der Waals surface area contributed by atoms with Crippen LogP contribution in [0.25, 0.3) is 0 Å². The van der Waals surface area contributed by atoms with Crippen LogP contribution in [-0.4, -0.2) is 36.4 Å². The molecule has 1 heterocycles. The second kappa shape index (κ2) is 5.71. The Hall–Kier alpha value is -1.32. The van der Waals surface area contributed by atoms with Gasteiger partial charge in [-0.05, 0) is 31.0 Å². The first kappa shape index (κ1) is 17.0. The van der Waals surface area contributed by atoms with E-state index in [-0.39, 0.29) is 24.4 Å². The van der Waals surface area contributed by atoms with E-state index in [9.17, 15) is 26.4 Å². The highest BCUT2D eigenvalue weighted by molar-refractivity contribution is 7.89. The summed E-state index contributed by atoms with van der Waals surface area (Å²) >= 11 is 5.61. The maximum absolute atomic E-state index is 13.0. The van der Waals surface area contributed by atoms with Crippen LogP contribution in [0.15, 0.2) is 23.1 Å². The van der Waals surface area contributed by atoms with Crippen molar-refractivity contribution >= 4 is 27.6 Å². The average molecular weight is 358 g/mol. The molecule has 0 radical (unpaired) electrons. The standard InChI is InChI=1S/C12H11ClF3NO4S/c13-7-3-4-8(12(14,15)16)10(6-7)22(20,21)17-5-1-2-9(17)11(18)19/h3-4,6,9H,1-2,5H2,(H,18,19)/t9-/m1/s1. The molecule has 5 nitrogen and oxygen atoms in total. The highest BCUT2D eigenvalue weighted by Crippen LogP contribution is 2.38. The lowest BCUT2D eigenvalue weighted by molar-refractivity contribution is -0.140. The Morgan fingerprint density at radius 2 is 2.00 bits per heavy atom. The largest absolute Gasteiger partial charge is 0.480 e. The van der Waals surface area contributed by atoms with Crippen LogP contribution < -0.4 is 0 Å². The summed E-state index contributed by atoms with van der Waals surface area (Å²) in [6.07, 6.45) is -4.58. The number of carboxylic acids is 1. The van der Waals surface area contributed by atoms with Crippen molar-refractivity contribution in [2.75, 3.05) is 6.54 Å². The zero-order valence-electron chi connectivity index (χ0n) is 11.0. The van der Waals surface area contributed by atoms with Gasteiger partial charge in [-0.1, -0.05) is 11.6 Å². The third kappa shape index (κ3) is 3.06. The van der Waals surface area contributed by atoms with Crippen LogP contribution in [0.4, 0.5) is 13.2 Å². The van der Waals surface area contributed by atoms with Gasteiger partial charge in [-0.3, -0.25) is 4.79 Å². The maximum Gasteiger partial charge on any atom is 0.417 e. The normalized spacial score (nSPS) is 20.3. The van der Waals surface area contributed by atoms with Gasteiger partial charge in [0.05, 0.1) is 10.5 Å². The Kier molecular flexibility index (Phi) is 4.42. The summed E-state index contributed by atoms with van der Waals surface area (Å²) in [5, 5.41) is 8.84. The molecule has 0 saturated carbocycles. The molecule has 1 aliphatic rings. The van der Waals surface area contributed by atoms with Gasteiger partial charge in [0.25, 0.3) is 0 Å². The molecule has 1 aromatic carbocycles. The average Bonchev–Trinajstić information content (AvgIpc) is 2.87. The Morgan fingerprint density at radius 3 is 2.55 bits per heavy atom. The molecule has 2 rings (SSSR count). The molecule has 1 aromatic rings. The number of hydrogen-bond acceptors (Lipinski definition) is 3. The van der Waals surface area contributed by atoms with Crippen molar-refractivity contribution in [3.8, 4) is 0 Å². The number of alkyl halides is 3. The summed E-state index contributed by atoms with van der Waals surface area (Å²) in [6, 6.07) is 0.824. The van der Waals surface area contributed by atoms with Gasteiger partial charge in [-0.2, -0.15) is 17.5 Å². The van der Waals surface area contributed by atoms with Crippen molar-refractivity contribution in [2.45, 2.75) is 30.0 Å². The number of carbonyl (C=O) groups is 1. The van der Waals surface area contributed by atoms with E-state index in [1.54, 1.807) is 0 Å². The molecule has 0 unspecified atom stereocenters. The molecular weight excluding hydrogens is 347 g/mol. The molecule has 1 aliphatic heterocycles. The van der Waals surface area contributed by atoms with E-state index in [1.807, 2.05) is 0 Å². The van der Waals surface area contributed by atoms with E-state index in [4.69, 9.17) is 16.7 Å². The molecule has 0 amide bonds. The van der Waals surface area contributed by atoms with Crippen LogP contribution in [0.2, 0.25) is 5.02 Å². The fourth-order valence-electron chi connectivity index (χ4n) is 2.34. The molecule has 0 spiro atoms. The number of carboxylic acid groups (broad SMARTS) is 1. The molecule has 1 N–H and O–H groups in total. The fourth-order valence-corrected chi connectivity index (χ4v) is 4.47. The second-order valence-electron chi connectivity index (χ2n) is 4.75. The van der Waals surface area contributed by atoms with Crippen LogP contribution in [0.5, 0.6) is 0 Å². The van der Waals surface area contributed by atoms with Gasteiger partial charge in [0.1, 0.15) is 6.04 Å². The number of nitrogens with zero attached hydrogens (tertiary/aromatic N) is 1. The van der Waals surface area contributed by atoms with Crippen molar-refractivity contribution in [3.05, 3.63) is 28.8 Å². The number of sulfonamides is 1. The van der Waals surface area contributed by atoms with E-state index < -0.39 is 38.7 Å². The van der Waals surface area contributed by atoms with Gasteiger partial charge < -0.3 is 5.11 Å². The smallest absolute Gasteiger partial charge is 0.417 e. The quantitative estimate of drug-likeness (QED) is 0.902. The molecule has 0 aromatic heterocycles. The summed E-state index contributed by atoms with van der Waals surface area (Å²) in [5.74, 6) is -1.39. The Morgan fingerprint density at radius 1 is 1.36 bits per heavy atom. The van der Waals surface area contributed by atoms with Gasteiger partial charge in [0, 0.05) is 11.6 Å². The molecule has 0 aliphatic carbocycles. The highest BCUT2D eigenvalue weighted by Gasteiger charge is 2.44. The lowest BCUT2D eigenvalue weighted by atomic mass is 10.2. The SMILES string of the molecule is O=C(O)[C@H]1CCCN1S(=O)(=O)c1cc(Cl)ccc1C(F)(F)F. The second-order valence-corrected chi connectivity index (χ2v) is 7.05. The number of benzene rings is 1. The predicted molar refractivity (Wildman–Crippen MR) is 71.0 cm³/mol. The highest BCUT2D eigenvalue weighted by atomic mass is 35.5. The third-order valence-electron chi connectivity index (χ3n) is 3.32. The van der Waals surface area contributed by atoms with Gasteiger partial charge in [0.2, 0.25) is 10.0 Å². The van der Waals surface area contributed by atoms with Crippen LogP contribution >= 0.6 is 11.6 Å². The molecule has 1 saturated heterocycles. The van der Waals surface area contributed by atoms with Crippen molar-refractivity contribution in [2.24, 2.45) is 0 Å². The Bertz CT molecular complexity index is 705. The number of rotatable bonds is 3. The topological polar surface area (TPSA) is 74.7 Å². The van der Waals surface area contributed by atoms with E-state index >= 15 is 0 Å². The summed E-state index contributed by atoms with van der Waals surface area (Å²) in [7, 11) is -4.62. The number of halogens is 4. The van der Waals surface area contributed by atoms with Gasteiger partial charge in [-0.25, -0.2) is 8.42 Å². The number of aliphatic carboxylic acids is 1. The van der Waals surface area contributed by atoms with Gasteiger partial charge in [-0.15, -0.1) is 0 Å². The van der Waals surface area contributed by atoms with Crippen molar-refractivity contribution < 1.29 is 31.5 Å². The lowest BCUT2D eigenvalue weighted by Crippen LogP contribution is -2.41.